The molecule has 0 bridgehead atoms. The lowest BCUT2D eigenvalue weighted by Gasteiger charge is -2.19. The van der Waals surface area contributed by atoms with Gasteiger partial charge in [0.25, 0.3) is 0 Å². The zero-order chi connectivity index (χ0) is 16.0. The molecule has 0 saturated carbocycles. The van der Waals surface area contributed by atoms with E-state index in [0.29, 0.717) is 16.4 Å². The van der Waals surface area contributed by atoms with E-state index < -0.39 is 10.0 Å². The standard InChI is InChI=1S/C13H21BrN2O3S2/c1-4-5-16(6-7-17)21(18,19)12-8-11(20-13(12)14)9-15-10(2)3/h4,8,10,15,17H,1,5-7,9H2,2-3H3. The van der Waals surface area contributed by atoms with Crippen molar-refractivity contribution in [3.63, 3.8) is 0 Å². The molecule has 0 saturated heterocycles. The molecular weight excluding hydrogens is 376 g/mol. The molecule has 2 N–H and O–H groups in total. The average Bonchev–Trinajstić information content (AvgIpc) is 2.78. The van der Waals surface area contributed by atoms with Gasteiger partial charge in [0, 0.05) is 30.6 Å². The highest BCUT2D eigenvalue weighted by molar-refractivity contribution is 9.11. The second-order valence-corrected chi connectivity index (χ2v) is 9.12. The van der Waals surface area contributed by atoms with Crippen LogP contribution in [0.3, 0.4) is 0 Å². The lowest BCUT2D eigenvalue weighted by atomic mass is 10.4. The molecule has 1 rings (SSSR count). The number of hydrogen-bond donors (Lipinski definition) is 2. The number of sulfonamides is 1. The Morgan fingerprint density at radius 2 is 2.24 bits per heavy atom. The molecule has 0 atom stereocenters. The van der Waals surface area contributed by atoms with Gasteiger partial charge in [-0.3, -0.25) is 0 Å². The van der Waals surface area contributed by atoms with E-state index in [1.54, 1.807) is 6.07 Å². The van der Waals surface area contributed by atoms with E-state index in [1.807, 2.05) is 13.8 Å². The largest absolute Gasteiger partial charge is 0.395 e. The van der Waals surface area contributed by atoms with Crippen LogP contribution in [0.25, 0.3) is 0 Å². The van der Waals surface area contributed by atoms with Gasteiger partial charge in [-0.05, 0) is 22.0 Å². The van der Waals surface area contributed by atoms with Crippen molar-refractivity contribution in [2.75, 3.05) is 19.7 Å². The van der Waals surface area contributed by atoms with E-state index in [9.17, 15) is 8.42 Å². The minimum absolute atomic E-state index is 0.0518. The molecule has 0 unspecified atom stereocenters. The molecule has 0 aliphatic heterocycles. The Labute approximate surface area is 138 Å². The van der Waals surface area contributed by atoms with Gasteiger partial charge in [-0.25, -0.2) is 8.42 Å². The fraction of sp³-hybridized carbons (Fsp3) is 0.538. The molecular formula is C13H21BrN2O3S2. The molecule has 21 heavy (non-hydrogen) atoms. The molecule has 0 amide bonds. The topological polar surface area (TPSA) is 69.6 Å². The van der Waals surface area contributed by atoms with Crippen molar-refractivity contribution in [2.45, 2.75) is 31.3 Å². The number of thiophene rings is 1. The minimum atomic E-state index is -3.64. The molecule has 5 nitrogen and oxygen atoms in total. The van der Waals surface area contributed by atoms with Crippen LogP contribution in [0, 0.1) is 0 Å². The molecule has 8 heteroatoms. The first kappa shape index (κ1) is 18.8. The van der Waals surface area contributed by atoms with E-state index in [2.05, 4.69) is 27.8 Å². The van der Waals surface area contributed by atoms with Gasteiger partial charge in [-0.1, -0.05) is 19.9 Å². The number of halogens is 1. The Bertz CT molecular complexity index is 570. The summed E-state index contributed by atoms with van der Waals surface area (Å²) < 4.78 is 27.0. The van der Waals surface area contributed by atoms with Crippen molar-refractivity contribution in [3.05, 3.63) is 27.4 Å². The van der Waals surface area contributed by atoms with Crippen LogP contribution in [0.5, 0.6) is 0 Å². The zero-order valence-corrected chi connectivity index (χ0v) is 15.4. The quantitative estimate of drug-likeness (QED) is 0.627. The van der Waals surface area contributed by atoms with Crippen molar-refractivity contribution in [1.29, 1.82) is 0 Å². The number of nitrogens with zero attached hydrogens (tertiary/aromatic N) is 1. The molecule has 0 spiro atoms. The number of nitrogens with one attached hydrogen (secondary N) is 1. The van der Waals surface area contributed by atoms with Gasteiger partial charge in [-0.2, -0.15) is 4.31 Å². The zero-order valence-electron chi connectivity index (χ0n) is 12.2. The number of aliphatic hydroxyl groups is 1. The van der Waals surface area contributed by atoms with Crippen molar-refractivity contribution in [1.82, 2.24) is 9.62 Å². The third-order valence-corrected chi connectivity index (χ3v) is 6.81. The lowest BCUT2D eigenvalue weighted by molar-refractivity contribution is 0.260. The minimum Gasteiger partial charge on any atom is -0.395 e. The van der Waals surface area contributed by atoms with Gasteiger partial charge >= 0.3 is 0 Å². The van der Waals surface area contributed by atoms with E-state index >= 15 is 0 Å². The molecule has 1 aromatic rings. The van der Waals surface area contributed by atoms with E-state index in [1.165, 1.54) is 21.7 Å². The highest BCUT2D eigenvalue weighted by Crippen LogP contribution is 2.33. The van der Waals surface area contributed by atoms with Crippen LogP contribution >= 0.6 is 27.3 Å². The van der Waals surface area contributed by atoms with Crippen molar-refractivity contribution in [3.8, 4) is 0 Å². The normalized spacial score (nSPS) is 12.3. The molecule has 0 aliphatic carbocycles. The highest BCUT2D eigenvalue weighted by atomic mass is 79.9. The van der Waals surface area contributed by atoms with Crippen LogP contribution in [-0.2, 0) is 16.6 Å². The third-order valence-electron chi connectivity index (χ3n) is 2.69. The van der Waals surface area contributed by atoms with E-state index in [4.69, 9.17) is 5.11 Å². The van der Waals surface area contributed by atoms with Crippen molar-refractivity contribution in [2.24, 2.45) is 0 Å². The third kappa shape index (κ3) is 5.15. The lowest BCUT2D eigenvalue weighted by Crippen LogP contribution is -2.33. The van der Waals surface area contributed by atoms with Gasteiger partial charge in [-0.15, -0.1) is 17.9 Å². The molecule has 0 aromatic carbocycles. The van der Waals surface area contributed by atoms with Crippen molar-refractivity contribution >= 4 is 37.3 Å². The summed E-state index contributed by atoms with van der Waals surface area (Å²) in [5.74, 6) is 0. The second kappa shape index (κ2) is 8.40. The Hall–Kier alpha value is -0.250. The first-order chi connectivity index (χ1) is 9.82. The molecule has 120 valence electrons. The summed E-state index contributed by atoms with van der Waals surface area (Å²) in [5.41, 5.74) is 0. The van der Waals surface area contributed by atoms with E-state index in [0.717, 1.165) is 4.88 Å². The first-order valence-corrected chi connectivity index (χ1v) is 9.61. The van der Waals surface area contributed by atoms with Gasteiger partial charge in [0.1, 0.15) is 4.90 Å². The second-order valence-electron chi connectivity index (χ2n) is 4.76. The summed E-state index contributed by atoms with van der Waals surface area (Å²) in [4.78, 5) is 1.18. The predicted octanol–water partition coefficient (Wildman–Crippen LogP) is 2.18. The van der Waals surface area contributed by atoms with Gasteiger partial charge in [0.2, 0.25) is 10.0 Å². The Morgan fingerprint density at radius 1 is 1.57 bits per heavy atom. The Morgan fingerprint density at radius 3 is 2.76 bits per heavy atom. The van der Waals surface area contributed by atoms with Crippen molar-refractivity contribution < 1.29 is 13.5 Å². The van der Waals surface area contributed by atoms with E-state index in [-0.39, 0.29) is 24.6 Å². The smallest absolute Gasteiger partial charge is 0.245 e. The molecule has 0 aliphatic rings. The summed E-state index contributed by atoms with van der Waals surface area (Å²) in [5, 5.41) is 12.3. The highest BCUT2D eigenvalue weighted by Gasteiger charge is 2.27. The fourth-order valence-corrected chi connectivity index (χ4v) is 5.65. The number of hydrogen-bond acceptors (Lipinski definition) is 5. The monoisotopic (exact) mass is 396 g/mol. The molecule has 1 heterocycles. The summed E-state index contributed by atoms with van der Waals surface area (Å²) in [6.07, 6.45) is 1.51. The van der Waals surface area contributed by atoms with Crippen LogP contribution in [0.2, 0.25) is 0 Å². The SMILES string of the molecule is C=CCN(CCO)S(=O)(=O)c1cc(CNC(C)C)sc1Br. The van der Waals surface area contributed by atoms with Gasteiger partial charge in [0.05, 0.1) is 10.4 Å². The molecule has 0 radical (unpaired) electrons. The maximum Gasteiger partial charge on any atom is 0.245 e. The summed E-state index contributed by atoms with van der Waals surface area (Å²) >= 11 is 4.72. The summed E-state index contributed by atoms with van der Waals surface area (Å²) in [6, 6.07) is 2.00. The number of rotatable bonds is 9. The summed E-state index contributed by atoms with van der Waals surface area (Å²) in [6.45, 7) is 8.25. The average molecular weight is 397 g/mol. The first-order valence-electron chi connectivity index (χ1n) is 6.56. The Balaban J connectivity index is 3.04. The van der Waals surface area contributed by atoms with Crippen LogP contribution in [0.4, 0.5) is 0 Å². The van der Waals surface area contributed by atoms with Crippen LogP contribution < -0.4 is 5.32 Å². The maximum atomic E-state index is 12.6. The Kier molecular flexibility index (Phi) is 7.52. The predicted molar refractivity (Wildman–Crippen MR) is 90.0 cm³/mol. The van der Waals surface area contributed by atoms with Crippen LogP contribution in [0.15, 0.2) is 27.4 Å². The number of aliphatic hydroxyl groups excluding tert-OH is 1. The van der Waals surface area contributed by atoms with Gasteiger partial charge in [0.15, 0.2) is 0 Å². The fourth-order valence-electron chi connectivity index (χ4n) is 1.67. The van der Waals surface area contributed by atoms with Crippen LogP contribution in [0.1, 0.15) is 18.7 Å². The van der Waals surface area contributed by atoms with Gasteiger partial charge < -0.3 is 10.4 Å². The maximum absolute atomic E-state index is 12.6. The molecule has 1 aromatic heterocycles. The molecule has 0 fully saturated rings. The van der Waals surface area contributed by atoms with Crippen LogP contribution in [-0.4, -0.2) is 43.6 Å². The summed E-state index contributed by atoms with van der Waals surface area (Å²) in [7, 11) is -3.64.